The van der Waals surface area contributed by atoms with Crippen LogP contribution in [0.5, 0.6) is 5.75 Å². The van der Waals surface area contributed by atoms with Gasteiger partial charge >= 0.3 is 0 Å². The lowest BCUT2D eigenvalue weighted by atomic mass is 9.91. The lowest BCUT2D eigenvalue weighted by Gasteiger charge is -2.37. The SMILES string of the molecule is COc1cccc(N2CCN(c3ncnc(C(C)(C)C)c3F)CC2)c1. The van der Waals surface area contributed by atoms with Crippen LogP contribution < -0.4 is 14.5 Å². The molecule has 0 saturated carbocycles. The van der Waals surface area contributed by atoms with E-state index < -0.39 is 0 Å². The molecule has 0 atom stereocenters. The summed E-state index contributed by atoms with van der Waals surface area (Å²) in [5.74, 6) is 0.951. The minimum Gasteiger partial charge on any atom is -0.497 e. The van der Waals surface area contributed by atoms with E-state index in [1.54, 1.807) is 7.11 Å². The Morgan fingerprint density at radius 1 is 1.04 bits per heavy atom. The standard InChI is InChI=1S/C19H25FN4O/c1-19(2,3)17-16(20)18(22-13-21-17)24-10-8-23(9-11-24)14-6-5-7-15(12-14)25-4/h5-7,12-13H,8-11H2,1-4H3. The van der Waals surface area contributed by atoms with Gasteiger partial charge in [0.25, 0.3) is 0 Å². The minimum atomic E-state index is -0.343. The summed E-state index contributed by atoms with van der Waals surface area (Å²) in [6, 6.07) is 8.02. The maximum atomic E-state index is 14.9. The molecule has 0 aliphatic carbocycles. The van der Waals surface area contributed by atoms with E-state index >= 15 is 0 Å². The van der Waals surface area contributed by atoms with E-state index in [9.17, 15) is 4.39 Å². The molecular weight excluding hydrogens is 319 g/mol. The summed E-state index contributed by atoms with van der Waals surface area (Å²) >= 11 is 0. The summed E-state index contributed by atoms with van der Waals surface area (Å²) in [4.78, 5) is 12.6. The largest absolute Gasteiger partial charge is 0.497 e. The Kier molecular flexibility index (Phi) is 4.79. The van der Waals surface area contributed by atoms with Crippen LogP contribution in [0.1, 0.15) is 26.5 Å². The Morgan fingerprint density at radius 2 is 1.72 bits per heavy atom. The van der Waals surface area contributed by atoms with E-state index in [-0.39, 0.29) is 11.2 Å². The number of anilines is 2. The first-order valence-electron chi connectivity index (χ1n) is 8.55. The summed E-state index contributed by atoms with van der Waals surface area (Å²) in [6.07, 6.45) is 1.47. The molecule has 6 heteroatoms. The van der Waals surface area contributed by atoms with Crippen molar-refractivity contribution >= 4 is 11.5 Å². The third kappa shape index (κ3) is 3.67. The Morgan fingerprint density at radius 3 is 2.36 bits per heavy atom. The zero-order valence-electron chi connectivity index (χ0n) is 15.3. The van der Waals surface area contributed by atoms with E-state index in [4.69, 9.17) is 4.74 Å². The van der Waals surface area contributed by atoms with Crippen molar-refractivity contribution in [1.29, 1.82) is 0 Å². The fourth-order valence-corrected chi connectivity index (χ4v) is 3.09. The molecule has 1 fully saturated rings. The second kappa shape index (κ2) is 6.86. The number of ether oxygens (including phenoxy) is 1. The number of methoxy groups -OCH3 is 1. The smallest absolute Gasteiger partial charge is 0.187 e. The Hall–Kier alpha value is -2.37. The number of aromatic nitrogens is 2. The fourth-order valence-electron chi connectivity index (χ4n) is 3.09. The predicted molar refractivity (Wildman–Crippen MR) is 98.1 cm³/mol. The van der Waals surface area contributed by atoms with Crippen molar-refractivity contribution in [3.8, 4) is 5.75 Å². The second-order valence-electron chi connectivity index (χ2n) is 7.29. The highest BCUT2D eigenvalue weighted by molar-refractivity contribution is 5.53. The number of piperazine rings is 1. The Balaban J connectivity index is 1.74. The number of hydrogen-bond acceptors (Lipinski definition) is 5. The highest BCUT2D eigenvalue weighted by atomic mass is 19.1. The van der Waals surface area contributed by atoms with Crippen LogP contribution in [0.25, 0.3) is 0 Å². The first-order chi connectivity index (χ1) is 11.9. The molecule has 3 rings (SSSR count). The molecular formula is C19H25FN4O. The van der Waals surface area contributed by atoms with Gasteiger partial charge in [0, 0.05) is 43.3 Å². The van der Waals surface area contributed by atoms with Gasteiger partial charge in [0.2, 0.25) is 0 Å². The van der Waals surface area contributed by atoms with Crippen LogP contribution in [0.2, 0.25) is 0 Å². The van der Waals surface area contributed by atoms with Gasteiger partial charge in [-0.25, -0.2) is 14.4 Å². The quantitative estimate of drug-likeness (QED) is 0.855. The molecule has 1 saturated heterocycles. The average Bonchev–Trinajstić information content (AvgIpc) is 2.61. The van der Waals surface area contributed by atoms with Crippen molar-refractivity contribution in [2.45, 2.75) is 26.2 Å². The molecule has 2 heterocycles. The molecule has 0 N–H and O–H groups in total. The normalized spacial score (nSPS) is 15.4. The molecule has 0 amide bonds. The van der Waals surface area contributed by atoms with Crippen molar-refractivity contribution < 1.29 is 9.13 Å². The van der Waals surface area contributed by atoms with Crippen molar-refractivity contribution in [3.63, 3.8) is 0 Å². The minimum absolute atomic E-state index is 0.301. The summed E-state index contributed by atoms with van der Waals surface area (Å²) in [6.45, 7) is 8.93. The van der Waals surface area contributed by atoms with Gasteiger partial charge < -0.3 is 14.5 Å². The first-order valence-corrected chi connectivity index (χ1v) is 8.55. The number of halogens is 1. The van der Waals surface area contributed by atoms with E-state index in [1.165, 1.54) is 6.33 Å². The molecule has 2 aromatic rings. The number of hydrogen-bond donors (Lipinski definition) is 0. The molecule has 0 radical (unpaired) electrons. The van der Waals surface area contributed by atoms with Crippen LogP contribution in [0, 0.1) is 5.82 Å². The van der Waals surface area contributed by atoms with E-state index in [1.807, 2.05) is 43.9 Å². The third-order valence-corrected chi connectivity index (χ3v) is 4.48. The molecule has 5 nitrogen and oxygen atoms in total. The van der Waals surface area contributed by atoms with Gasteiger partial charge in [0.15, 0.2) is 11.6 Å². The van der Waals surface area contributed by atoms with Crippen LogP contribution >= 0.6 is 0 Å². The molecule has 1 aliphatic heterocycles. The summed E-state index contributed by atoms with van der Waals surface area (Å²) in [7, 11) is 1.67. The van der Waals surface area contributed by atoms with Gasteiger partial charge in [-0.3, -0.25) is 0 Å². The summed E-state index contributed by atoms with van der Waals surface area (Å²) in [5.41, 5.74) is 1.25. The van der Waals surface area contributed by atoms with Crippen LogP contribution in [0.4, 0.5) is 15.9 Å². The van der Waals surface area contributed by atoms with Crippen molar-refractivity contribution in [2.24, 2.45) is 0 Å². The van der Waals surface area contributed by atoms with Gasteiger partial charge in [0.1, 0.15) is 12.1 Å². The molecule has 1 aliphatic rings. The third-order valence-electron chi connectivity index (χ3n) is 4.48. The van der Waals surface area contributed by atoms with Gasteiger partial charge in [0.05, 0.1) is 12.8 Å². The monoisotopic (exact) mass is 344 g/mol. The van der Waals surface area contributed by atoms with E-state index in [0.717, 1.165) is 24.5 Å². The lowest BCUT2D eigenvalue weighted by molar-refractivity contribution is 0.414. The zero-order valence-corrected chi connectivity index (χ0v) is 15.3. The van der Waals surface area contributed by atoms with Crippen molar-refractivity contribution in [3.05, 3.63) is 42.1 Å². The molecule has 1 aromatic heterocycles. The molecule has 0 bridgehead atoms. The highest BCUT2D eigenvalue weighted by Crippen LogP contribution is 2.29. The van der Waals surface area contributed by atoms with Crippen molar-refractivity contribution in [2.75, 3.05) is 43.1 Å². The highest BCUT2D eigenvalue weighted by Gasteiger charge is 2.27. The topological polar surface area (TPSA) is 41.5 Å². The first kappa shape index (κ1) is 17.5. The van der Waals surface area contributed by atoms with Gasteiger partial charge in [-0.2, -0.15) is 0 Å². The van der Waals surface area contributed by atoms with Crippen LogP contribution in [0.3, 0.4) is 0 Å². The number of nitrogens with zero attached hydrogens (tertiary/aromatic N) is 4. The van der Waals surface area contributed by atoms with Gasteiger partial charge in [-0.05, 0) is 12.1 Å². The van der Waals surface area contributed by atoms with Crippen LogP contribution in [-0.2, 0) is 5.41 Å². The molecule has 134 valence electrons. The zero-order chi connectivity index (χ0) is 18.0. The molecule has 25 heavy (non-hydrogen) atoms. The summed E-state index contributed by atoms with van der Waals surface area (Å²) in [5, 5.41) is 0. The Bertz CT molecular complexity index is 736. The van der Waals surface area contributed by atoms with Crippen molar-refractivity contribution in [1.82, 2.24) is 9.97 Å². The molecule has 0 unspecified atom stereocenters. The summed E-state index contributed by atoms with van der Waals surface area (Å²) < 4.78 is 20.2. The predicted octanol–water partition coefficient (Wildman–Crippen LogP) is 3.25. The van der Waals surface area contributed by atoms with E-state index in [0.29, 0.717) is 24.6 Å². The maximum Gasteiger partial charge on any atom is 0.187 e. The number of rotatable bonds is 3. The second-order valence-corrected chi connectivity index (χ2v) is 7.29. The average molecular weight is 344 g/mol. The number of benzene rings is 1. The molecule has 1 aromatic carbocycles. The van der Waals surface area contributed by atoms with Crippen LogP contribution in [0.15, 0.2) is 30.6 Å². The van der Waals surface area contributed by atoms with E-state index in [2.05, 4.69) is 20.9 Å². The van der Waals surface area contributed by atoms with Gasteiger partial charge in [-0.1, -0.05) is 26.8 Å². The van der Waals surface area contributed by atoms with Crippen LogP contribution in [-0.4, -0.2) is 43.3 Å². The fraction of sp³-hybridized carbons (Fsp3) is 0.474. The lowest BCUT2D eigenvalue weighted by Crippen LogP contribution is -2.47. The van der Waals surface area contributed by atoms with Gasteiger partial charge in [-0.15, -0.1) is 0 Å². The Labute approximate surface area is 148 Å². The maximum absolute atomic E-state index is 14.9. The molecule has 0 spiro atoms.